The van der Waals surface area contributed by atoms with E-state index in [4.69, 9.17) is 0 Å². The van der Waals surface area contributed by atoms with Gasteiger partial charge < -0.3 is 5.32 Å². The Morgan fingerprint density at radius 1 is 1.17 bits per heavy atom. The molecule has 2 aromatic carbocycles. The molecule has 2 rings (SSSR count). The maximum atomic E-state index is 12.8. The van der Waals surface area contributed by atoms with E-state index in [1.807, 2.05) is 36.6 Å². The molecule has 7 heteroatoms. The largest absolute Gasteiger partial charge is 0.325 e. The highest BCUT2D eigenvalue weighted by molar-refractivity contribution is 7.98. The average molecular weight is 364 g/mol. The van der Waals surface area contributed by atoms with Crippen molar-refractivity contribution in [3.05, 3.63) is 54.1 Å². The molecule has 0 radical (unpaired) electrons. The van der Waals surface area contributed by atoms with Crippen LogP contribution in [-0.2, 0) is 21.4 Å². The zero-order valence-corrected chi connectivity index (χ0v) is 15.4. The van der Waals surface area contributed by atoms with Crippen molar-refractivity contribution in [1.82, 2.24) is 4.31 Å². The second-order valence-corrected chi connectivity index (χ2v) is 8.18. The number of nitrogens with zero attached hydrogens (tertiary/aromatic N) is 1. The van der Waals surface area contributed by atoms with E-state index in [0.717, 1.165) is 10.5 Å². The first-order valence-electron chi connectivity index (χ1n) is 7.30. The number of sulfonamides is 1. The Morgan fingerprint density at radius 2 is 1.83 bits per heavy atom. The minimum atomic E-state index is -3.65. The third-order valence-electron chi connectivity index (χ3n) is 3.44. The topological polar surface area (TPSA) is 66.5 Å². The van der Waals surface area contributed by atoms with E-state index < -0.39 is 10.0 Å². The molecular weight excluding hydrogens is 344 g/mol. The zero-order chi connectivity index (χ0) is 17.7. The van der Waals surface area contributed by atoms with Crippen LogP contribution in [-0.4, -0.2) is 31.9 Å². The van der Waals surface area contributed by atoms with E-state index in [2.05, 4.69) is 5.32 Å². The summed E-state index contributed by atoms with van der Waals surface area (Å²) in [5.74, 6) is -0.238. The van der Waals surface area contributed by atoms with Gasteiger partial charge in [0.25, 0.3) is 0 Å². The fourth-order valence-electron chi connectivity index (χ4n) is 2.24. The maximum Gasteiger partial charge on any atom is 0.243 e. The van der Waals surface area contributed by atoms with Crippen molar-refractivity contribution in [2.24, 2.45) is 0 Å². The average Bonchev–Trinajstić information content (AvgIpc) is 2.55. The van der Waals surface area contributed by atoms with Gasteiger partial charge in [-0.1, -0.05) is 30.3 Å². The fourth-order valence-corrected chi connectivity index (χ4v) is 3.96. The van der Waals surface area contributed by atoms with Gasteiger partial charge in [-0.25, -0.2) is 8.42 Å². The third-order valence-corrected chi connectivity index (χ3v) is 6.03. The summed E-state index contributed by atoms with van der Waals surface area (Å²) in [5.41, 5.74) is 1.41. The summed E-state index contributed by atoms with van der Waals surface area (Å²) in [7, 11) is -2.10. The molecule has 0 aliphatic carbocycles. The number of amides is 1. The lowest BCUT2D eigenvalue weighted by Gasteiger charge is -2.18. The minimum Gasteiger partial charge on any atom is -0.325 e. The summed E-state index contributed by atoms with van der Waals surface area (Å²) < 4.78 is 26.9. The summed E-state index contributed by atoms with van der Waals surface area (Å²) in [5, 5.41) is 2.68. The van der Waals surface area contributed by atoms with Crippen LogP contribution < -0.4 is 5.32 Å². The molecule has 1 amide bonds. The summed E-state index contributed by atoms with van der Waals surface area (Å²) >= 11 is 1.44. The van der Waals surface area contributed by atoms with Gasteiger partial charge in [0.2, 0.25) is 15.9 Å². The Labute approximate surface area is 147 Å². The van der Waals surface area contributed by atoms with Gasteiger partial charge in [-0.15, -0.1) is 11.8 Å². The molecule has 0 saturated carbocycles. The zero-order valence-electron chi connectivity index (χ0n) is 13.8. The molecule has 0 aliphatic rings. The number of benzene rings is 2. The Hall–Kier alpha value is -1.83. The van der Waals surface area contributed by atoms with E-state index in [1.165, 1.54) is 29.1 Å². The predicted octanol–water partition coefficient (Wildman–Crippen LogP) is 3.19. The van der Waals surface area contributed by atoms with Gasteiger partial charge in [0.15, 0.2) is 0 Å². The van der Waals surface area contributed by atoms with Crippen molar-refractivity contribution in [3.8, 4) is 0 Å². The predicted molar refractivity (Wildman–Crippen MR) is 97.6 cm³/mol. The van der Waals surface area contributed by atoms with E-state index >= 15 is 0 Å². The molecule has 24 heavy (non-hydrogen) atoms. The van der Waals surface area contributed by atoms with Crippen LogP contribution in [0.1, 0.15) is 12.5 Å². The highest BCUT2D eigenvalue weighted by atomic mass is 32.2. The normalized spacial score (nSPS) is 11.5. The standard InChI is InChI=1S/C17H20N2O3S2/c1-13(20)18-16-11-15(9-10-17(16)23-3)24(21,22)19(2)12-14-7-5-4-6-8-14/h4-11H,12H2,1-3H3,(H,18,20). The molecule has 0 heterocycles. The molecule has 128 valence electrons. The smallest absolute Gasteiger partial charge is 0.243 e. The number of rotatable bonds is 6. The van der Waals surface area contributed by atoms with Crippen LogP contribution in [0, 0.1) is 0 Å². The Bertz CT molecular complexity index is 821. The van der Waals surface area contributed by atoms with Crippen LogP contribution in [0.3, 0.4) is 0 Å². The van der Waals surface area contributed by atoms with Crippen LogP contribution in [0.15, 0.2) is 58.3 Å². The minimum absolute atomic E-state index is 0.155. The van der Waals surface area contributed by atoms with Crippen LogP contribution in [0.25, 0.3) is 0 Å². The number of nitrogens with one attached hydrogen (secondary N) is 1. The van der Waals surface area contributed by atoms with Crippen LogP contribution >= 0.6 is 11.8 Å². The molecule has 0 atom stereocenters. The summed E-state index contributed by atoms with van der Waals surface area (Å²) in [6.07, 6.45) is 1.87. The molecule has 0 fully saturated rings. The third kappa shape index (κ3) is 4.37. The molecule has 5 nitrogen and oxygen atoms in total. The van der Waals surface area contributed by atoms with Crippen LogP contribution in [0.4, 0.5) is 5.69 Å². The van der Waals surface area contributed by atoms with Crippen LogP contribution in [0.5, 0.6) is 0 Å². The van der Waals surface area contributed by atoms with Gasteiger partial charge in [-0.05, 0) is 30.0 Å². The first kappa shape index (κ1) is 18.5. The van der Waals surface area contributed by atoms with Crippen molar-refractivity contribution < 1.29 is 13.2 Å². The number of hydrogen-bond donors (Lipinski definition) is 1. The van der Waals surface area contributed by atoms with Gasteiger partial charge in [0.05, 0.1) is 10.6 Å². The van der Waals surface area contributed by atoms with Crippen molar-refractivity contribution in [2.75, 3.05) is 18.6 Å². The second-order valence-electron chi connectivity index (χ2n) is 5.29. The highest BCUT2D eigenvalue weighted by Gasteiger charge is 2.22. The highest BCUT2D eigenvalue weighted by Crippen LogP contribution is 2.29. The number of carbonyl (C=O) groups is 1. The number of thioether (sulfide) groups is 1. The van der Waals surface area contributed by atoms with Gasteiger partial charge >= 0.3 is 0 Å². The molecule has 0 unspecified atom stereocenters. The molecule has 0 aromatic heterocycles. The Morgan fingerprint density at radius 3 is 2.42 bits per heavy atom. The second kappa shape index (κ2) is 7.83. The SMILES string of the molecule is CSc1ccc(S(=O)(=O)N(C)Cc2ccccc2)cc1NC(C)=O. The van der Waals surface area contributed by atoms with E-state index in [9.17, 15) is 13.2 Å². The number of carbonyl (C=O) groups excluding carboxylic acids is 1. The lowest BCUT2D eigenvalue weighted by Crippen LogP contribution is -2.26. The molecule has 0 aliphatic heterocycles. The number of hydrogen-bond acceptors (Lipinski definition) is 4. The Kier molecular flexibility index (Phi) is 6.04. The summed E-state index contributed by atoms with van der Waals surface area (Å²) in [4.78, 5) is 12.3. The quantitative estimate of drug-likeness (QED) is 0.800. The molecule has 0 bridgehead atoms. The van der Waals surface area contributed by atoms with E-state index in [0.29, 0.717) is 5.69 Å². The van der Waals surface area contributed by atoms with Crippen molar-refractivity contribution in [2.45, 2.75) is 23.3 Å². The van der Waals surface area contributed by atoms with Crippen molar-refractivity contribution >= 4 is 33.4 Å². The maximum absolute atomic E-state index is 12.8. The van der Waals surface area contributed by atoms with Crippen molar-refractivity contribution in [1.29, 1.82) is 0 Å². The van der Waals surface area contributed by atoms with Gasteiger partial charge in [0.1, 0.15) is 0 Å². The van der Waals surface area contributed by atoms with E-state index in [-0.39, 0.29) is 17.3 Å². The number of anilines is 1. The first-order valence-corrected chi connectivity index (χ1v) is 9.97. The monoisotopic (exact) mass is 364 g/mol. The van der Waals surface area contributed by atoms with Gasteiger partial charge in [-0.2, -0.15) is 4.31 Å². The van der Waals surface area contributed by atoms with Gasteiger partial charge in [-0.3, -0.25) is 4.79 Å². The molecule has 0 spiro atoms. The van der Waals surface area contributed by atoms with Gasteiger partial charge in [0, 0.05) is 25.4 Å². The molecule has 1 N–H and O–H groups in total. The Balaban J connectivity index is 2.32. The van der Waals surface area contributed by atoms with E-state index in [1.54, 1.807) is 19.2 Å². The lowest BCUT2D eigenvalue weighted by molar-refractivity contribution is -0.114. The summed E-state index contributed by atoms with van der Waals surface area (Å²) in [6.45, 7) is 1.68. The molecular formula is C17H20N2O3S2. The summed E-state index contributed by atoms with van der Waals surface area (Å²) in [6, 6.07) is 14.2. The van der Waals surface area contributed by atoms with Crippen LogP contribution in [0.2, 0.25) is 0 Å². The van der Waals surface area contributed by atoms with Crippen molar-refractivity contribution in [3.63, 3.8) is 0 Å². The first-order chi connectivity index (χ1) is 11.3. The molecule has 0 saturated heterocycles. The lowest BCUT2D eigenvalue weighted by atomic mass is 10.2. The molecule has 2 aromatic rings. The fraction of sp³-hybridized carbons (Fsp3) is 0.235.